The van der Waals surface area contributed by atoms with Crippen LogP contribution in [0.3, 0.4) is 0 Å². The minimum absolute atomic E-state index is 0.110. The predicted octanol–water partition coefficient (Wildman–Crippen LogP) is 1.38. The molecular weight excluding hydrogens is 246 g/mol. The van der Waals surface area contributed by atoms with E-state index >= 15 is 0 Å². The van der Waals surface area contributed by atoms with Crippen LogP contribution in [0.2, 0.25) is 0 Å². The molecule has 0 radical (unpaired) electrons. The van der Waals surface area contributed by atoms with Crippen molar-refractivity contribution in [3.8, 4) is 0 Å². The maximum Gasteiger partial charge on any atom is 0.308 e. The zero-order valence-corrected chi connectivity index (χ0v) is 10.8. The number of benzene rings is 1. The van der Waals surface area contributed by atoms with E-state index in [1.165, 1.54) is 0 Å². The van der Waals surface area contributed by atoms with Gasteiger partial charge in [-0.1, -0.05) is 12.1 Å². The fraction of sp³-hybridized carbons (Fsp3) is 0.429. The molecule has 0 aromatic heterocycles. The minimum atomic E-state index is -0.830. The highest BCUT2D eigenvalue weighted by molar-refractivity contribution is 5.95. The van der Waals surface area contributed by atoms with Gasteiger partial charge >= 0.3 is 5.97 Å². The van der Waals surface area contributed by atoms with Gasteiger partial charge in [-0.15, -0.1) is 0 Å². The quantitative estimate of drug-likeness (QED) is 0.891. The molecule has 0 aliphatic carbocycles. The minimum Gasteiger partial charge on any atom is -0.481 e. The summed E-state index contributed by atoms with van der Waals surface area (Å²) in [5.41, 5.74) is 1.52. The molecule has 0 bridgehead atoms. The van der Waals surface area contributed by atoms with Crippen LogP contribution in [-0.4, -0.2) is 42.1 Å². The summed E-state index contributed by atoms with van der Waals surface area (Å²) < 4.78 is 5.03. The third-order valence-electron chi connectivity index (χ3n) is 3.31. The van der Waals surface area contributed by atoms with Gasteiger partial charge in [0.1, 0.15) is 0 Å². The summed E-state index contributed by atoms with van der Waals surface area (Å²) in [6.07, 6.45) is 0.527. The SMILES string of the molecule is COCc1cccc(C(=O)N2CC[C@H](C(=O)O)C2)c1. The zero-order chi connectivity index (χ0) is 13.8. The number of likely N-dealkylation sites (tertiary alicyclic amines) is 1. The van der Waals surface area contributed by atoms with E-state index in [0.717, 1.165) is 5.56 Å². The van der Waals surface area contributed by atoms with Gasteiger partial charge in [-0.25, -0.2) is 0 Å². The van der Waals surface area contributed by atoms with Crippen LogP contribution in [0.1, 0.15) is 22.3 Å². The molecule has 2 rings (SSSR count). The van der Waals surface area contributed by atoms with Gasteiger partial charge in [0.05, 0.1) is 12.5 Å². The fourth-order valence-electron chi connectivity index (χ4n) is 2.29. The molecule has 1 saturated heterocycles. The summed E-state index contributed by atoms with van der Waals surface area (Å²) >= 11 is 0. The molecule has 5 heteroatoms. The lowest BCUT2D eigenvalue weighted by Crippen LogP contribution is -2.30. The highest BCUT2D eigenvalue weighted by atomic mass is 16.5. The van der Waals surface area contributed by atoms with Crippen molar-refractivity contribution in [2.24, 2.45) is 5.92 Å². The molecule has 1 N–H and O–H groups in total. The topological polar surface area (TPSA) is 66.8 Å². The molecule has 0 saturated carbocycles. The molecule has 1 heterocycles. The Morgan fingerprint density at radius 3 is 2.89 bits per heavy atom. The number of carboxylic acids is 1. The monoisotopic (exact) mass is 263 g/mol. The molecule has 1 aromatic carbocycles. The van der Waals surface area contributed by atoms with Gasteiger partial charge < -0.3 is 14.7 Å². The molecule has 0 unspecified atom stereocenters. The number of carboxylic acid groups (broad SMARTS) is 1. The first kappa shape index (κ1) is 13.5. The Kier molecular flexibility index (Phi) is 4.16. The van der Waals surface area contributed by atoms with Crippen molar-refractivity contribution >= 4 is 11.9 Å². The van der Waals surface area contributed by atoms with Gasteiger partial charge in [-0.05, 0) is 24.1 Å². The van der Waals surface area contributed by atoms with Gasteiger partial charge in [-0.2, -0.15) is 0 Å². The van der Waals surface area contributed by atoms with Crippen molar-refractivity contribution in [2.45, 2.75) is 13.0 Å². The molecule has 19 heavy (non-hydrogen) atoms. The number of hydrogen-bond acceptors (Lipinski definition) is 3. The third kappa shape index (κ3) is 3.12. The number of hydrogen-bond donors (Lipinski definition) is 1. The lowest BCUT2D eigenvalue weighted by Gasteiger charge is -2.16. The summed E-state index contributed by atoms with van der Waals surface area (Å²) in [5.74, 6) is -1.38. The first-order valence-electron chi connectivity index (χ1n) is 6.21. The van der Waals surface area contributed by atoms with Crippen LogP contribution in [0.15, 0.2) is 24.3 Å². The first-order chi connectivity index (χ1) is 9.11. The summed E-state index contributed by atoms with van der Waals surface area (Å²) in [4.78, 5) is 24.8. The molecule has 1 aliphatic rings. The van der Waals surface area contributed by atoms with Crippen molar-refractivity contribution in [1.82, 2.24) is 4.90 Å². The summed E-state index contributed by atoms with van der Waals surface area (Å²) in [7, 11) is 1.60. The van der Waals surface area contributed by atoms with Crippen molar-refractivity contribution in [3.05, 3.63) is 35.4 Å². The van der Waals surface area contributed by atoms with E-state index in [0.29, 0.717) is 31.7 Å². The second-order valence-electron chi connectivity index (χ2n) is 4.71. The van der Waals surface area contributed by atoms with E-state index in [-0.39, 0.29) is 5.91 Å². The molecule has 1 fully saturated rings. The summed E-state index contributed by atoms with van der Waals surface area (Å²) in [6, 6.07) is 7.24. The third-order valence-corrected chi connectivity index (χ3v) is 3.31. The van der Waals surface area contributed by atoms with Gasteiger partial charge in [0.2, 0.25) is 0 Å². The summed E-state index contributed by atoms with van der Waals surface area (Å²) in [6.45, 7) is 1.26. The van der Waals surface area contributed by atoms with E-state index in [4.69, 9.17) is 9.84 Å². The molecule has 0 spiro atoms. The molecule has 1 aromatic rings. The number of nitrogens with zero attached hydrogens (tertiary/aromatic N) is 1. The number of amides is 1. The Balaban J connectivity index is 2.08. The Morgan fingerprint density at radius 2 is 2.26 bits per heavy atom. The number of ether oxygens (including phenoxy) is 1. The Morgan fingerprint density at radius 1 is 1.47 bits per heavy atom. The maximum absolute atomic E-state index is 12.3. The van der Waals surface area contributed by atoms with Crippen LogP contribution in [0.5, 0.6) is 0 Å². The van der Waals surface area contributed by atoms with E-state index in [1.54, 1.807) is 24.1 Å². The molecule has 1 atom stereocenters. The normalized spacial score (nSPS) is 18.6. The molecule has 102 valence electrons. The molecule has 1 amide bonds. The van der Waals surface area contributed by atoms with Crippen LogP contribution >= 0.6 is 0 Å². The van der Waals surface area contributed by atoms with Gasteiger partial charge in [-0.3, -0.25) is 9.59 Å². The van der Waals surface area contributed by atoms with Crippen LogP contribution in [0.25, 0.3) is 0 Å². The van der Waals surface area contributed by atoms with E-state index in [1.807, 2.05) is 12.1 Å². The number of rotatable bonds is 4. The molecular formula is C14H17NO4. The smallest absolute Gasteiger partial charge is 0.308 e. The Hall–Kier alpha value is -1.88. The van der Waals surface area contributed by atoms with Crippen LogP contribution in [-0.2, 0) is 16.1 Å². The second kappa shape index (κ2) is 5.84. The average Bonchev–Trinajstić information content (AvgIpc) is 2.88. The number of carbonyl (C=O) groups is 2. The Labute approximate surface area is 111 Å². The lowest BCUT2D eigenvalue weighted by atomic mass is 10.1. The number of carbonyl (C=O) groups excluding carboxylic acids is 1. The van der Waals surface area contributed by atoms with Crippen molar-refractivity contribution in [1.29, 1.82) is 0 Å². The second-order valence-corrected chi connectivity index (χ2v) is 4.71. The van der Waals surface area contributed by atoms with Crippen LogP contribution in [0, 0.1) is 5.92 Å². The fourth-order valence-corrected chi connectivity index (χ4v) is 2.29. The highest BCUT2D eigenvalue weighted by Crippen LogP contribution is 2.19. The van der Waals surface area contributed by atoms with E-state index < -0.39 is 11.9 Å². The van der Waals surface area contributed by atoms with Crippen LogP contribution < -0.4 is 0 Å². The van der Waals surface area contributed by atoms with E-state index in [9.17, 15) is 9.59 Å². The van der Waals surface area contributed by atoms with Crippen molar-refractivity contribution in [3.63, 3.8) is 0 Å². The van der Waals surface area contributed by atoms with Crippen molar-refractivity contribution in [2.75, 3.05) is 20.2 Å². The largest absolute Gasteiger partial charge is 0.481 e. The van der Waals surface area contributed by atoms with E-state index in [2.05, 4.69) is 0 Å². The predicted molar refractivity (Wildman–Crippen MR) is 68.8 cm³/mol. The number of methoxy groups -OCH3 is 1. The van der Waals surface area contributed by atoms with Gasteiger partial charge in [0.15, 0.2) is 0 Å². The molecule has 1 aliphatic heterocycles. The zero-order valence-electron chi connectivity index (χ0n) is 10.8. The molecule has 5 nitrogen and oxygen atoms in total. The standard InChI is InChI=1S/C14H17NO4/c1-19-9-10-3-2-4-11(7-10)13(16)15-6-5-12(8-15)14(17)18/h2-4,7,12H,5-6,8-9H2,1H3,(H,17,18)/t12-/m0/s1. The highest BCUT2D eigenvalue weighted by Gasteiger charge is 2.31. The first-order valence-corrected chi connectivity index (χ1v) is 6.21. The van der Waals surface area contributed by atoms with Gasteiger partial charge in [0, 0.05) is 25.8 Å². The van der Waals surface area contributed by atoms with Crippen LogP contribution in [0.4, 0.5) is 0 Å². The average molecular weight is 263 g/mol. The Bertz CT molecular complexity index is 486. The maximum atomic E-state index is 12.3. The summed E-state index contributed by atoms with van der Waals surface area (Å²) in [5, 5.41) is 8.94. The van der Waals surface area contributed by atoms with Crippen molar-refractivity contribution < 1.29 is 19.4 Å². The van der Waals surface area contributed by atoms with Gasteiger partial charge in [0.25, 0.3) is 5.91 Å². The number of aliphatic carboxylic acids is 1. The lowest BCUT2D eigenvalue weighted by molar-refractivity contribution is -0.141.